The van der Waals surface area contributed by atoms with Crippen LogP contribution in [-0.2, 0) is 24.8 Å². The fourth-order valence-corrected chi connectivity index (χ4v) is 9.79. The molecule has 3 aromatic heterocycles. The van der Waals surface area contributed by atoms with Crippen LogP contribution in [0, 0.1) is 0 Å². The fourth-order valence-electron chi connectivity index (χ4n) is 6.66. The number of carboxylic acids is 1. The Bertz CT molecular complexity index is 2400. The summed E-state index contributed by atoms with van der Waals surface area (Å²) in [5.41, 5.74) is 9.17. The number of thioether (sulfide) groups is 2. The number of hydrogen-bond donors (Lipinski definition) is 4. The zero-order valence-electron chi connectivity index (χ0n) is 29.3. The second kappa shape index (κ2) is 15.4. The highest BCUT2D eigenvalue weighted by atomic mass is 32.2. The normalized spacial score (nSPS) is 17.0. The van der Waals surface area contributed by atoms with Gasteiger partial charge in [-0.15, -0.1) is 37.9 Å². The number of nitrogens with two attached hydrogens (primary N) is 1. The molecule has 3 aromatic carbocycles. The van der Waals surface area contributed by atoms with Crippen molar-refractivity contribution in [1.82, 2.24) is 40.5 Å². The number of nitrogen functional groups attached to an aromatic ring is 1. The van der Waals surface area contributed by atoms with Crippen LogP contribution in [0.4, 0.5) is 10.8 Å². The van der Waals surface area contributed by atoms with E-state index in [0.29, 0.717) is 32.8 Å². The van der Waals surface area contributed by atoms with Crippen LogP contribution in [0.5, 0.6) is 0 Å². The highest BCUT2D eigenvalue weighted by molar-refractivity contribution is 8.01. The number of β-lactam (4-membered cyclic amide) rings is 1. The van der Waals surface area contributed by atoms with E-state index in [4.69, 9.17) is 15.6 Å². The Morgan fingerprint density at radius 1 is 1.04 bits per heavy atom. The summed E-state index contributed by atoms with van der Waals surface area (Å²) in [5.74, 6) is -2.01. The summed E-state index contributed by atoms with van der Waals surface area (Å²) < 4.78 is 1.19. The lowest BCUT2D eigenvalue weighted by Crippen LogP contribution is -2.71. The zero-order chi connectivity index (χ0) is 38.8. The van der Waals surface area contributed by atoms with Crippen LogP contribution in [0.2, 0.25) is 0 Å². The molecule has 8 rings (SSSR count). The van der Waals surface area contributed by atoms with Crippen molar-refractivity contribution in [3.8, 4) is 0 Å². The molecule has 0 radical (unpaired) electrons. The fraction of sp³-hybridized carbons (Fsp3) is 0.162. The number of nitrogens with one attached hydrogen (secondary N) is 2. The molecular formula is C37H31N11O5S3. The average molecular weight is 806 g/mol. The van der Waals surface area contributed by atoms with Crippen molar-refractivity contribution in [3.63, 3.8) is 0 Å². The lowest BCUT2D eigenvalue weighted by molar-refractivity contribution is -0.150. The standard InChI is InChI=1S/C37H31N11O5S3/c1-53-44-28(26-20-56-36(39-26)41-37(22-11-5-2-6-12-22,23-13-7-3-8-14-23)24-15-9-4-10-16-24)32(49)40-29-33(50)47-30(35(51)52)21(19-55-34(29)47)18-54-27-17-25(38)31-42-45-46-48(31)43-27/h2-17,20,29,34H,18-19,38H2,1H3,(H,39,41)(H,40,49)(H,51,52)/t29?,34-/m0/s1. The SMILES string of the molecule is CON=C(C(=O)NC1C(=O)N2C(C(=O)O)=C(CSc3cc(N)c4nnnn4n3)CS[C@@H]12)c1csc(NC(c2ccccc2)(c2ccccc2)c2ccccc2)n1. The molecule has 2 aliphatic heterocycles. The van der Waals surface area contributed by atoms with Gasteiger partial charge in [-0.25, -0.2) is 9.78 Å². The van der Waals surface area contributed by atoms with Crippen LogP contribution >= 0.6 is 34.9 Å². The minimum Gasteiger partial charge on any atom is -0.477 e. The molecule has 2 atom stereocenters. The van der Waals surface area contributed by atoms with Crippen molar-refractivity contribution in [3.05, 3.63) is 136 Å². The predicted molar refractivity (Wildman–Crippen MR) is 212 cm³/mol. The Morgan fingerprint density at radius 3 is 2.29 bits per heavy atom. The molecule has 0 saturated carbocycles. The van der Waals surface area contributed by atoms with E-state index >= 15 is 0 Å². The maximum atomic E-state index is 13.8. The molecule has 1 saturated heterocycles. The summed E-state index contributed by atoms with van der Waals surface area (Å²) in [7, 11) is 1.31. The first-order chi connectivity index (χ1) is 27.3. The number of carbonyl (C=O) groups excluding carboxylic acids is 2. The molecule has 19 heteroatoms. The number of oxime groups is 1. The van der Waals surface area contributed by atoms with Crippen LogP contribution in [0.3, 0.4) is 0 Å². The van der Waals surface area contributed by atoms with E-state index in [9.17, 15) is 19.5 Å². The van der Waals surface area contributed by atoms with E-state index in [1.165, 1.54) is 51.5 Å². The second-order valence-corrected chi connectivity index (χ2v) is 15.4. The number of benzene rings is 3. The number of thiazole rings is 1. The lowest BCUT2D eigenvalue weighted by atomic mass is 9.77. The quantitative estimate of drug-likeness (QED) is 0.0429. The van der Waals surface area contributed by atoms with Gasteiger partial charge < -0.3 is 26.3 Å². The molecule has 0 aliphatic carbocycles. The molecule has 5 heterocycles. The van der Waals surface area contributed by atoms with Crippen molar-refractivity contribution in [2.24, 2.45) is 5.16 Å². The van der Waals surface area contributed by atoms with Gasteiger partial charge in [0, 0.05) is 16.9 Å². The molecule has 1 fully saturated rings. The first-order valence-corrected chi connectivity index (χ1v) is 19.9. The zero-order valence-corrected chi connectivity index (χ0v) is 31.8. The molecule has 56 heavy (non-hydrogen) atoms. The average Bonchev–Trinajstić information content (AvgIpc) is 3.91. The third kappa shape index (κ3) is 6.69. The van der Waals surface area contributed by atoms with Gasteiger partial charge in [-0.2, -0.15) is 0 Å². The van der Waals surface area contributed by atoms with E-state index in [0.717, 1.165) is 16.7 Å². The van der Waals surface area contributed by atoms with Crippen molar-refractivity contribution in [1.29, 1.82) is 0 Å². The predicted octanol–water partition coefficient (Wildman–Crippen LogP) is 3.84. The van der Waals surface area contributed by atoms with Gasteiger partial charge in [0.05, 0.1) is 5.69 Å². The van der Waals surface area contributed by atoms with Gasteiger partial charge in [0.15, 0.2) is 10.8 Å². The maximum absolute atomic E-state index is 13.8. The maximum Gasteiger partial charge on any atom is 0.352 e. The third-order valence-corrected chi connectivity index (χ3v) is 12.3. The number of carboxylic acid groups (broad SMARTS) is 1. The van der Waals surface area contributed by atoms with Gasteiger partial charge in [0.1, 0.15) is 40.5 Å². The molecule has 1 unspecified atom stereocenters. The van der Waals surface area contributed by atoms with Crippen LogP contribution in [0.25, 0.3) is 5.65 Å². The van der Waals surface area contributed by atoms with E-state index in [1.807, 2.05) is 91.0 Å². The smallest absolute Gasteiger partial charge is 0.352 e. The Labute approximate surface area is 331 Å². The van der Waals surface area contributed by atoms with Crippen LogP contribution in [-0.4, -0.2) is 93.8 Å². The summed E-state index contributed by atoms with van der Waals surface area (Å²) in [6.45, 7) is 0. The van der Waals surface area contributed by atoms with E-state index in [-0.39, 0.29) is 22.9 Å². The Hall–Kier alpha value is -6.31. The van der Waals surface area contributed by atoms with Crippen LogP contribution in [0.1, 0.15) is 22.4 Å². The van der Waals surface area contributed by atoms with Gasteiger partial charge in [0.2, 0.25) is 5.65 Å². The second-order valence-electron chi connectivity index (χ2n) is 12.5. The summed E-state index contributed by atoms with van der Waals surface area (Å²) in [6, 6.07) is 30.6. The number of hydrogen-bond acceptors (Lipinski definition) is 15. The molecule has 5 N–H and O–H groups in total. The number of nitrogens with zero attached hydrogens (tertiary/aromatic N) is 8. The van der Waals surface area contributed by atoms with Gasteiger partial charge in [-0.05, 0) is 38.8 Å². The minimum atomic E-state index is -1.26. The molecule has 2 aliphatic rings. The number of aliphatic carboxylic acids is 1. The molecule has 282 valence electrons. The highest BCUT2D eigenvalue weighted by Crippen LogP contribution is 2.43. The van der Waals surface area contributed by atoms with Gasteiger partial charge in [-0.1, -0.05) is 108 Å². The summed E-state index contributed by atoms with van der Waals surface area (Å²) in [5, 5.41) is 38.1. The first-order valence-electron chi connectivity index (χ1n) is 17.0. The highest BCUT2D eigenvalue weighted by Gasteiger charge is 2.54. The molecule has 0 bridgehead atoms. The van der Waals surface area contributed by atoms with Crippen LogP contribution in [0.15, 0.2) is 124 Å². The third-order valence-electron chi connectivity index (χ3n) is 9.17. The number of carbonyl (C=O) groups is 3. The summed E-state index contributed by atoms with van der Waals surface area (Å²) >= 11 is 3.86. The summed E-state index contributed by atoms with van der Waals surface area (Å²) in [4.78, 5) is 51.0. The number of rotatable bonds is 13. The number of amides is 2. The molecular weight excluding hydrogens is 775 g/mol. The van der Waals surface area contributed by atoms with Crippen molar-refractivity contribution < 1.29 is 24.3 Å². The topological polar surface area (TPSA) is 215 Å². The number of tetrazole rings is 1. The van der Waals surface area contributed by atoms with Gasteiger partial charge in [0.25, 0.3) is 11.8 Å². The molecule has 2 amide bonds. The van der Waals surface area contributed by atoms with Gasteiger partial charge >= 0.3 is 5.97 Å². The monoisotopic (exact) mass is 805 g/mol. The molecule has 0 spiro atoms. The van der Waals surface area contributed by atoms with Crippen molar-refractivity contribution in [2.75, 3.05) is 29.7 Å². The van der Waals surface area contributed by atoms with E-state index in [1.54, 1.807) is 11.4 Å². The van der Waals surface area contributed by atoms with E-state index < -0.39 is 34.7 Å². The molecule has 6 aromatic rings. The molecule has 16 nitrogen and oxygen atoms in total. The van der Waals surface area contributed by atoms with Crippen molar-refractivity contribution >= 4 is 74.8 Å². The minimum absolute atomic E-state index is 0.132. The Kier molecular flexibility index (Phi) is 10.1. The Balaban J connectivity index is 1.02. The summed E-state index contributed by atoms with van der Waals surface area (Å²) in [6.07, 6.45) is 0. The van der Waals surface area contributed by atoms with Crippen LogP contribution < -0.4 is 16.4 Å². The number of fused-ring (bicyclic) bond motifs is 2. The first kappa shape index (κ1) is 36.7. The Morgan fingerprint density at radius 2 is 1.68 bits per heavy atom. The number of anilines is 2. The van der Waals surface area contributed by atoms with Crippen molar-refractivity contribution in [2.45, 2.75) is 22.0 Å². The number of aromatic nitrogens is 6. The largest absolute Gasteiger partial charge is 0.477 e. The van der Waals surface area contributed by atoms with Gasteiger partial charge in [-0.3, -0.25) is 14.5 Å². The van der Waals surface area contributed by atoms with E-state index in [2.05, 4.69) is 36.4 Å². The lowest BCUT2D eigenvalue weighted by Gasteiger charge is -2.49.